The zero-order chi connectivity index (χ0) is 20.4. The van der Waals surface area contributed by atoms with E-state index in [0.717, 1.165) is 4.90 Å². The van der Waals surface area contributed by atoms with Gasteiger partial charge < -0.3 is 10.1 Å². The highest BCUT2D eigenvalue weighted by Crippen LogP contribution is 2.35. The summed E-state index contributed by atoms with van der Waals surface area (Å²) in [6.45, 7) is -0.143. The first-order valence-corrected chi connectivity index (χ1v) is 9.76. The van der Waals surface area contributed by atoms with Crippen LogP contribution in [0.5, 0.6) is 5.75 Å². The Bertz CT molecular complexity index is 1110. The first-order valence-electron chi connectivity index (χ1n) is 8.88. The molecule has 0 atom stereocenters. The van der Waals surface area contributed by atoms with E-state index in [1.807, 2.05) is 17.5 Å². The van der Waals surface area contributed by atoms with Gasteiger partial charge in [-0.15, -0.1) is 11.3 Å². The van der Waals surface area contributed by atoms with Crippen molar-refractivity contribution in [1.82, 2.24) is 4.90 Å². The second-order valence-electron chi connectivity index (χ2n) is 6.34. The number of rotatable bonds is 6. The molecule has 0 unspecified atom stereocenters. The van der Waals surface area contributed by atoms with Crippen LogP contribution >= 0.6 is 11.3 Å². The minimum Gasteiger partial charge on any atom is -0.495 e. The Morgan fingerprint density at radius 2 is 1.76 bits per heavy atom. The van der Waals surface area contributed by atoms with E-state index >= 15 is 0 Å². The van der Waals surface area contributed by atoms with Crippen LogP contribution in [0.4, 0.5) is 10.1 Å². The van der Waals surface area contributed by atoms with Gasteiger partial charge in [-0.05, 0) is 29.6 Å². The number of nitrogens with one attached hydrogen (secondary N) is 1. The first-order chi connectivity index (χ1) is 14.1. The van der Waals surface area contributed by atoms with Crippen LogP contribution in [0.2, 0.25) is 0 Å². The average molecular weight is 408 g/mol. The van der Waals surface area contributed by atoms with Crippen molar-refractivity contribution in [3.63, 3.8) is 0 Å². The molecule has 0 fully saturated rings. The molecule has 0 bridgehead atoms. The second-order valence-corrected chi connectivity index (χ2v) is 7.29. The molecule has 0 spiro atoms. The summed E-state index contributed by atoms with van der Waals surface area (Å²) in [5.41, 5.74) is 1.26. The van der Waals surface area contributed by atoms with Gasteiger partial charge in [0.05, 0.1) is 24.9 Å². The summed E-state index contributed by atoms with van der Waals surface area (Å²) < 4.78 is 19.5. The summed E-state index contributed by atoms with van der Waals surface area (Å²) >= 11 is 1.36. The second kappa shape index (κ2) is 7.89. The number of para-hydroxylation sites is 2. The number of halogens is 1. The average Bonchev–Trinajstić information content (AvgIpc) is 3.33. The maximum Gasteiger partial charge on any atom is 0.278 e. The number of methoxy groups -OCH3 is 1. The minimum atomic E-state index is -0.507. The van der Waals surface area contributed by atoms with E-state index in [1.165, 1.54) is 24.5 Å². The number of anilines is 1. The molecule has 3 aromatic rings. The van der Waals surface area contributed by atoms with Crippen LogP contribution in [0.3, 0.4) is 0 Å². The van der Waals surface area contributed by atoms with E-state index in [-0.39, 0.29) is 23.4 Å². The number of carbonyl (C=O) groups is 2. The maximum absolute atomic E-state index is 14.1. The molecule has 4 rings (SSSR count). The molecular weight excluding hydrogens is 391 g/mol. The van der Waals surface area contributed by atoms with Gasteiger partial charge in [-0.1, -0.05) is 36.4 Å². The fourth-order valence-corrected chi connectivity index (χ4v) is 3.93. The van der Waals surface area contributed by atoms with Gasteiger partial charge in [0.25, 0.3) is 11.8 Å². The molecular formula is C22H17FN2O3S. The SMILES string of the molecule is COc1ccccc1NC1=C(c2cccs2)C(=O)N(Cc2ccccc2F)C1=O. The Kier molecular flexibility index (Phi) is 5.14. The molecule has 1 aliphatic rings. The van der Waals surface area contributed by atoms with Crippen molar-refractivity contribution < 1.29 is 18.7 Å². The summed E-state index contributed by atoms with van der Waals surface area (Å²) in [7, 11) is 1.53. The van der Waals surface area contributed by atoms with Gasteiger partial charge in [0.15, 0.2) is 0 Å². The van der Waals surface area contributed by atoms with Gasteiger partial charge in [-0.2, -0.15) is 0 Å². The minimum absolute atomic E-state index is 0.143. The largest absolute Gasteiger partial charge is 0.495 e. The maximum atomic E-state index is 14.1. The van der Waals surface area contributed by atoms with Crippen molar-refractivity contribution in [2.24, 2.45) is 0 Å². The quantitative estimate of drug-likeness (QED) is 0.619. The molecule has 5 nitrogen and oxygen atoms in total. The number of carbonyl (C=O) groups excluding carboxylic acids is 2. The molecule has 1 N–H and O–H groups in total. The number of imide groups is 1. The van der Waals surface area contributed by atoms with Crippen LogP contribution < -0.4 is 10.1 Å². The molecule has 0 aliphatic carbocycles. The summed E-state index contributed by atoms with van der Waals surface area (Å²) in [4.78, 5) is 28.0. The Balaban J connectivity index is 1.74. The molecule has 146 valence electrons. The van der Waals surface area contributed by atoms with E-state index in [2.05, 4.69) is 5.32 Å². The molecule has 0 saturated carbocycles. The highest BCUT2D eigenvalue weighted by atomic mass is 32.1. The van der Waals surface area contributed by atoms with Crippen LogP contribution in [-0.2, 0) is 16.1 Å². The Morgan fingerprint density at radius 3 is 2.48 bits per heavy atom. The van der Waals surface area contributed by atoms with Crippen molar-refractivity contribution >= 4 is 34.4 Å². The third-order valence-corrected chi connectivity index (χ3v) is 5.48. The third kappa shape index (κ3) is 3.52. The normalized spacial score (nSPS) is 13.9. The lowest BCUT2D eigenvalue weighted by Gasteiger charge is -2.16. The number of benzene rings is 2. The fraction of sp³-hybridized carbons (Fsp3) is 0.0909. The molecule has 0 saturated heterocycles. The molecule has 7 heteroatoms. The lowest BCUT2D eigenvalue weighted by atomic mass is 10.1. The highest BCUT2D eigenvalue weighted by Gasteiger charge is 2.40. The van der Waals surface area contributed by atoms with Gasteiger partial charge in [0.1, 0.15) is 17.3 Å². The van der Waals surface area contributed by atoms with E-state index < -0.39 is 17.6 Å². The van der Waals surface area contributed by atoms with E-state index in [1.54, 1.807) is 42.5 Å². The molecule has 1 aliphatic heterocycles. The van der Waals surface area contributed by atoms with E-state index in [9.17, 15) is 14.0 Å². The van der Waals surface area contributed by atoms with Crippen LogP contribution in [0.1, 0.15) is 10.4 Å². The highest BCUT2D eigenvalue weighted by molar-refractivity contribution is 7.11. The Morgan fingerprint density at radius 1 is 1.00 bits per heavy atom. The van der Waals surface area contributed by atoms with Crippen LogP contribution in [0.15, 0.2) is 71.7 Å². The van der Waals surface area contributed by atoms with Crippen molar-refractivity contribution in [2.75, 3.05) is 12.4 Å². The van der Waals surface area contributed by atoms with Gasteiger partial charge in [0.2, 0.25) is 0 Å². The molecule has 2 heterocycles. The van der Waals surface area contributed by atoms with E-state index in [0.29, 0.717) is 16.3 Å². The summed E-state index contributed by atoms with van der Waals surface area (Å²) in [5.74, 6) is -0.888. The lowest BCUT2D eigenvalue weighted by molar-refractivity contribution is -0.137. The van der Waals surface area contributed by atoms with Gasteiger partial charge in [-0.3, -0.25) is 14.5 Å². The summed E-state index contributed by atoms with van der Waals surface area (Å²) in [6, 6.07) is 16.8. The number of amides is 2. The van der Waals surface area contributed by atoms with Crippen LogP contribution in [0, 0.1) is 5.82 Å². The number of hydrogen-bond acceptors (Lipinski definition) is 5. The van der Waals surface area contributed by atoms with Crippen molar-refractivity contribution in [2.45, 2.75) is 6.54 Å². The smallest absolute Gasteiger partial charge is 0.278 e. The zero-order valence-electron chi connectivity index (χ0n) is 15.5. The predicted molar refractivity (Wildman–Crippen MR) is 110 cm³/mol. The van der Waals surface area contributed by atoms with E-state index in [4.69, 9.17) is 4.74 Å². The van der Waals surface area contributed by atoms with Crippen molar-refractivity contribution in [3.8, 4) is 5.75 Å². The summed E-state index contributed by atoms with van der Waals surface area (Å²) in [5, 5.41) is 4.90. The molecule has 1 aromatic heterocycles. The van der Waals surface area contributed by atoms with Gasteiger partial charge >= 0.3 is 0 Å². The van der Waals surface area contributed by atoms with Gasteiger partial charge in [-0.25, -0.2) is 4.39 Å². The number of ether oxygens (including phenoxy) is 1. The topological polar surface area (TPSA) is 58.6 Å². The Hall–Kier alpha value is -3.45. The Labute approximate surface area is 171 Å². The first kappa shape index (κ1) is 18.9. The molecule has 2 amide bonds. The molecule has 0 radical (unpaired) electrons. The summed E-state index contributed by atoms with van der Waals surface area (Å²) in [6.07, 6.45) is 0. The monoisotopic (exact) mass is 408 g/mol. The zero-order valence-corrected chi connectivity index (χ0v) is 16.3. The van der Waals surface area contributed by atoms with Crippen LogP contribution in [-0.4, -0.2) is 23.8 Å². The van der Waals surface area contributed by atoms with Gasteiger partial charge in [0, 0.05) is 10.4 Å². The number of nitrogens with zero attached hydrogens (tertiary/aromatic N) is 1. The standard InChI is InChI=1S/C22H17FN2O3S/c1-28-17-10-5-4-9-16(17)24-20-19(18-11-6-12-29-18)21(26)25(22(20)27)13-14-7-2-3-8-15(14)23/h2-12,24H,13H2,1H3. The van der Waals surface area contributed by atoms with Crippen molar-refractivity contribution in [1.29, 1.82) is 0 Å². The molecule has 2 aromatic carbocycles. The molecule has 29 heavy (non-hydrogen) atoms. The fourth-order valence-electron chi connectivity index (χ4n) is 3.16. The number of thiophene rings is 1. The number of hydrogen-bond donors (Lipinski definition) is 1. The third-order valence-electron chi connectivity index (χ3n) is 4.59. The van der Waals surface area contributed by atoms with Crippen LogP contribution in [0.25, 0.3) is 5.57 Å². The van der Waals surface area contributed by atoms with Crippen molar-refractivity contribution in [3.05, 3.63) is 88.0 Å². The lowest BCUT2D eigenvalue weighted by Crippen LogP contribution is -2.32. The predicted octanol–water partition coefficient (Wildman–Crippen LogP) is 4.29.